The molecule has 0 amide bonds. The third-order valence-electron chi connectivity index (χ3n) is 2.47. The number of nitrogens with zero attached hydrogens (tertiary/aromatic N) is 4. The average Bonchev–Trinajstić information content (AvgIpc) is 2.65. The predicted octanol–water partition coefficient (Wildman–Crippen LogP) is 1.61. The fourth-order valence-corrected chi connectivity index (χ4v) is 1.62. The number of hydrogen-bond donors (Lipinski definition) is 1. The van der Waals surface area contributed by atoms with E-state index in [-0.39, 0.29) is 0 Å². The molecule has 0 aliphatic heterocycles. The Morgan fingerprint density at radius 3 is 3.00 bits per heavy atom. The lowest BCUT2D eigenvalue weighted by Gasteiger charge is -2.04. The van der Waals surface area contributed by atoms with Gasteiger partial charge < -0.3 is 5.32 Å². The van der Waals surface area contributed by atoms with Gasteiger partial charge in [-0.2, -0.15) is 10.4 Å². The van der Waals surface area contributed by atoms with E-state index < -0.39 is 0 Å². The number of hydrogen-bond acceptors (Lipinski definition) is 4. The van der Waals surface area contributed by atoms with Crippen molar-refractivity contribution in [2.75, 3.05) is 5.32 Å². The highest BCUT2D eigenvalue weighted by Gasteiger charge is 2.03. The van der Waals surface area contributed by atoms with Crippen LogP contribution in [0.5, 0.6) is 0 Å². The monoisotopic (exact) mass is 227 g/mol. The van der Waals surface area contributed by atoms with E-state index in [2.05, 4.69) is 15.4 Å². The van der Waals surface area contributed by atoms with Crippen LogP contribution in [-0.2, 0) is 13.6 Å². The topological polar surface area (TPSA) is 66.5 Å². The molecule has 5 nitrogen and oxygen atoms in total. The zero-order valence-corrected chi connectivity index (χ0v) is 9.81. The SMILES string of the molecule is Cc1nn(C)cc1CNc1ccnc(C#N)c1. The van der Waals surface area contributed by atoms with Crippen molar-refractivity contribution in [2.24, 2.45) is 7.05 Å². The summed E-state index contributed by atoms with van der Waals surface area (Å²) in [5.41, 5.74) is 3.45. The van der Waals surface area contributed by atoms with Crippen molar-refractivity contribution >= 4 is 5.69 Å². The zero-order chi connectivity index (χ0) is 12.3. The molecule has 0 aromatic carbocycles. The summed E-state index contributed by atoms with van der Waals surface area (Å²) < 4.78 is 1.79. The van der Waals surface area contributed by atoms with E-state index in [0.29, 0.717) is 12.2 Å². The van der Waals surface area contributed by atoms with Crippen LogP contribution < -0.4 is 5.32 Å². The van der Waals surface area contributed by atoms with Crippen molar-refractivity contribution in [3.8, 4) is 6.07 Å². The smallest absolute Gasteiger partial charge is 0.142 e. The lowest BCUT2D eigenvalue weighted by molar-refractivity contribution is 0.756. The average molecular weight is 227 g/mol. The summed E-state index contributed by atoms with van der Waals surface area (Å²) >= 11 is 0. The number of aromatic nitrogens is 3. The molecule has 5 heteroatoms. The van der Waals surface area contributed by atoms with E-state index in [1.54, 1.807) is 16.9 Å². The first-order valence-corrected chi connectivity index (χ1v) is 5.28. The highest BCUT2D eigenvalue weighted by Crippen LogP contribution is 2.11. The van der Waals surface area contributed by atoms with E-state index in [1.807, 2.05) is 32.3 Å². The molecule has 0 saturated carbocycles. The van der Waals surface area contributed by atoms with Crippen LogP contribution in [0.4, 0.5) is 5.69 Å². The molecule has 0 unspecified atom stereocenters. The van der Waals surface area contributed by atoms with E-state index >= 15 is 0 Å². The van der Waals surface area contributed by atoms with Gasteiger partial charge in [-0.25, -0.2) is 4.98 Å². The van der Waals surface area contributed by atoms with E-state index in [4.69, 9.17) is 5.26 Å². The van der Waals surface area contributed by atoms with Gasteiger partial charge >= 0.3 is 0 Å². The van der Waals surface area contributed by atoms with E-state index in [1.165, 1.54) is 0 Å². The molecule has 0 radical (unpaired) electrons. The quantitative estimate of drug-likeness (QED) is 0.865. The predicted molar refractivity (Wildman–Crippen MR) is 64.2 cm³/mol. The molecular weight excluding hydrogens is 214 g/mol. The van der Waals surface area contributed by atoms with Crippen molar-refractivity contribution in [1.29, 1.82) is 5.26 Å². The fourth-order valence-electron chi connectivity index (χ4n) is 1.62. The van der Waals surface area contributed by atoms with Gasteiger partial charge in [0.15, 0.2) is 0 Å². The van der Waals surface area contributed by atoms with Crippen LogP contribution in [-0.4, -0.2) is 14.8 Å². The second-order valence-electron chi connectivity index (χ2n) is 3.81. The molecule has 2 rings (SSSR count). The third kappa shape index (κ3) is 2.61. The molecule has 0 spiro atoms. The summed E-state index contributed by atoms with van der Waals surface area (Å²) in [6, 6.07) is 5.58. The van der Waals surface area contributed by atoms with Crippen molar-refractivity contribution < 1.29 is 0 Å². The van der Waals surface area contributed by atoms with Gasteiger partial charge in [0.05, 0.1) is 5.69 Å². The normalized spacial score (nSPS) is 9.94. The Morgan fingerprint density at radius 2 is 2.35 bits per heavy atom. The summed E-state index contributed by atoms with van der Waals surface area (Å²) in [6.07, 6.45) is 3.60. The molecule has 86 valence electrons. The maximum atomic E-state index is 8.74. The van der Waals surface area contributed by atoms with Gasteiger partial charge in [-0.3, -0.25) is 4.68 Å². The minimum absolute atomic E-state index is 0.415. The van der Waals surface area contributed by atoms with Gasteiger partial charge in [0, 0.05) is 37.2 Å². The van der Waals surface area contributed by atoms with Crippen molar-refractivity contribution in [3.63, 3.8) is 0 Å². The molecule has 0 aliphatic rings. The summed E-state index contributed by atoms with van der Waals surface area (Å²) in [7, 11) is 1.90. The lowest BCUT2D eigenvalue weighted by atomic mass is 10.2. The Bertz CT molecular complexity index is 565. The number of pyridine rings is 1. The Morgan fingerprint density at radius 1 is 1.53 bits per heavy atom. The molecule has 0 fully saturated rings. The Hall–Kier alpha value is -2.35. The first-order chi connectivity index (χ1) is 8.19. The Labute approximate surface area is 99.7 Å². The molecule has 1 N–H and O–H groups in total. The van der Waals surface area contributed by atoms with Crippen LogP contribution in [0, 0.1) is 18.3 Å². The van der Waals surface area contributed by atoms with E-state index in [0.717, 1.165) is 16.9 Å². The molecule has 0 atom stereocenters. The first kappa shape index (κ1) is 11.1. The first-order valence-electron chi connectivity index (χ1n) is 5.28. The van der Waals surface area contributed by atoms with Crippen LogP contribution >= 0.6 is 0 Å². The summed E-state index contributed by atoms with van der Waals surface area (Å²) in [5, 5.41) is 16.3. The largest absolute Gasteiger partial charge is 0.381 e. The van der Waals surface area contributed by atoms with Crippen LogP contribution in [0.3, 0.4) is 0 Å². The van der Waals surface area contributed by atoms with Crippen LogP contribution in [0.2, 0.25) is 0 Å². The van der Waals surface area contributed by atoms with Crippen LogP contribution in [0.25, 0.3) is 0 Å². The molecule has 0 aliphatic carbocycles. The molecule has 0 bridgehead atoms. The molecule has 2 aromatic rings. The summed E-state index contributed by atoms with van der Waals surface area (Å²) in [5.74, 6) is 0. The van der Waals surface area contributed by atoms with Crippen molar-refractivity contribution in [3.05, 3.63) is 41.5 Å². The van der Waals surface area contributed by atoms with Crippen LogP contribution in [0.15, 0.2) is 24.5 Å². The minimum atomic E-state index is 0.415. The lowest BCUT2D eigenvalue weighted by Crippen LogP contribution is -2.00. The number of aryl methyl sites for hydroxylation is 2. The number of rotatable bonds is 3. The minimum Gasteiger partial charge on any atom is -0.381 e. The Kier molecular flexibility index (Phi) is 3.06. The van der Waals surface area contributed by atoms with Gasteiger partial charge in [0.25, 0.3) is 0 Å². The van der Waals surface area contributed by atoms with Gasteiger partial charge in [0.2, 0.25) is 0 Å². The molecule has 2 heterocycles. The van der Waals surface area contributed by atoms with Crippen LogP contribution in [0.1, 0.15) is 17.0 Å². The highest BCUT2D eigenvalue weighted by molar-refractivity contribution is 5.46. The number of nitriles is 1. The standard InChI is InChI=1S/C12H13N5/c1-9-10(8-17(2)16-9)7-15-11-3-4-14-12(5-11)6-13/h3-5,8H,7H2,1-2H3,(H,14,15). The highest BCUT2D eigenvalue weighted by atomic mass is 15.2. The molecule has 0 saturated heterocycles. The maximum absolute atomic E-state index is 8.74. The second-order valence-corrected chi connectivity index (χ2v) is 3.81. The molecule has 17 heavy (non-hydrogen) atoms. The van der Waals surface area contributed by atoms with Gasteiger partial charge in [-0.1, -0.05) is 0 Å². The van der Waals surface area contributed by atoms with Gasteiger partial charge in [0.1, 0.15) is 11.8 Å². The zero-order valence-electron chi connectivity index (χ0n) is 9.81. The molecular formula is C12H13N5. The summed E-state index contributed by atoms with van der Waals surface area (Å²) in [4.78, 5) is 3.92. The van der Waals surface area contributed by atoms with Crippen molar-refractivity contribution in [1.82, 2.24) is 14.8 Å². The van der Waals surface area contributed by atoms with E-state index in [9.17, 15) is 0 Å². The van der Waals surface area contributed by atoms with Gasteiger partial charge in [-0.05, 0) is 19.1 Å². The third-order valence-corrected chi connectivity index (χ3v) is 2.47. The Balaban J connectivity index is 2.07. The molecule has 2 aromatic heterocycles. The fraction of sp³-hybridized carbons (Fsp3) is 0.250. The maximum Gasteiger partial charge on any atom is 0.142 e. The van der Waals surface area contributed by atoms with Crippen molar-refractivity contribution in [2.45, 2.75) is 13.5 Å². The number of anilines is 1. The van der Waals surface area contributed by atoms with Gasteiger partial charge in [-0.15, -0.1) is 0 Å². The number of nitrogens with one attached hydrogen (secondary N) is 1. The second kappa shape index (κ2) is 4.66. The summed E-state index contributed by atoms with van der Waals surface area (Å²) in [6.45, 7) is 2.67.